The van der Waals surface area contributed by atoms with Gasteiger partial charge in [0.15, 0.2) is 6.61 Å². The van der Waals surface area contributed by atoms with Crippen molar-refractivity contribution < 1.29 is 19.1 Å². The van der Waals surface area contributed by atoms with Crippen LogP contribution in [-0.4, -0.2) is 24.3 Å². The zero-order chi connectivity index (χ0) is 23.2. The van der Waals surface area contributed by atoms with Crippen LogP contribution >= 0.6 is 0 Å². The molecular weight excluding hydrogens is 418 g/mol. The number of hydrogen-bond acceptors (Lipinski definition) is 4. The summed E-state index contributed by atoms with van der Waals surface area (Å²) in [6.07, 6.45) is 0.923. The summed E-state index contributed by atoms with van der Waals surface area (Å²) < 4.78 is 5.55. The van der Waals surface area contributed by atoms with Crippen molar-refractivity contribution in [3.63, 3.8) is 0 Å². The van der Waals surface area contributed by atoms with Crippen LogP contribution in [0.4, 0.5) is 17.1 Å². The van der Waals surface area contributed by atoms with Gasteiger partial charge in [0.2, 0.25) is 5.91 Å². The molecule has 0 bridgehead atoms. The summed E-state index contributed by atoms with van der Waals surface area (Å²) in [4.78, 5) is 36.7. The van der Waals surface area contributed by atoms with Crippen molar-refractivity contribution >= 4 is 34.8 Å². The number of hydrogen-bond donors (Lipinski definition) is 3. The molecule has 0 heterocycles. The summed E-state index contributed by atoms with van der Waals surface area (Å²) >= 11 is 0. The minimum Gasteiger partial charge on any atom is -0.484 e. The Bertz CT molecular complexity index is 1150. The van der Waals surface area contributed by atoms with E-state index in [1.807, 2.05) is 18.2 Å². The van der Waals surface area contributed by atoms with Crippen LogP contribution in [0.3, 0.4) is 0 Å². The number of carbonyl (C=O) groups is 3. The van der Waals surface area contributed by atoms with Crippen molar-refractivity contribution in [2.45, 2.75) is 13.3 Å². The highest BCUT2D eigenvalue weighted by Gasteiger charge is 2.39. The van der Waals surface area contributed by atoms with E-state index in [1.165, 1.54) is 0 Å². The zero-order valence-electron chi connectivity index (χ0n) is 18.2. The van der Waals surface area contributed by atoms with Crippen LogP contribution in [0.15, 0.2) is 78.9 Å². The highest BCUT2D eigenvalue weighted by molar-refractivity contribution is 6.05. The predicted octanol–water partition coefficient (Wildman–Crippen LogP) is 4.55. The topological polar surface area (TPSA) is 96.5 Å². The van der Waals surface area contributed by atoms with Gasteiger partial charge in [0.1, 0.15) is 5.75 Å². The Kier molecular flexibility index (Phi) is 6.69. The van der Waals surface area contributed by atoms with E-state index in [1.54, 1.807) is 60.7 Å². The molecule has 3 aromatic carbocycles. The highest BCUT2D eigenvalue weighted by atomic mass is 16.5. The number of benzene rings is 3. The quantitative estimate of drug-likeness (QED) is 0.476. The normalized spacial score (nSPS) is 16.4. The van der Waals surface area contributed by atoms with Gasteiger partial charge in [-0.2, -0.15) is 0 Å². The van der Waals surface area contributed by atoms with Crippen LogP contribution in [0.2, 0.25) is 0 Å². The maximum atomic E-state index is 12.6. The minimum absolute atomic E-state index is 0.0222. The summed E-state index contributed by atoms with van der Waals surface area (Å²) in [5, 5.41) is 8.44. The molecule has 7 heteroatoms. The number of ether oxygens (including phenoxy) is 1. The fraction of sp³-hybridized carbons (Fsp3) is 0.192. The number of anilines is 3. The van der Waals surface area contributed by atoms with E-state index >= 15 is 0 Å². The number of rotatable bonds is 8. The molecule has 2 atom stereocenters. The van der Waals surface area contributed by atoms with Gasteiger partial charge in [0, 0.05) is 34.6 Å². The van der Waals surface area contributed by atoms with E-state index in [0.717, 1.165) is 6.42 Å². The van der Waals surface area contributed by atoms with E-state index in [9.17, 15) is 14.4 Å². The third-order valence-electron chi connectivity index (χ3n) is 5.38. The largest absolute Gasteiger partial charge is 0.484 e. The summed E-state index contributed by atoms with van der Waals surface area (Å²) in [5.74, 6) is 0.443. The molecule has 1 aliphatic rings. The second-order valence-electron chi connectivity index (χ2n) is 8.07. The van der Waals surface area contributed by atoms with Crippen molar-refractivity contribution in [2.24, 2.45) is 11.8 Å². The average molecular weight is 444 g/mol. The fourth-order valence-electron chi connectivity index (χ4n) is 3.36. The predicted molar refractivity (Wildman–Crippen MR) is 127 cm³/mol. The van der Waals surface area contributed by atoms with E-state index in [0.29, 0.717) is 34.3 Å². The lowest BCUT2D eigenvalue weighted by atomic mass is 10.2. The molecule has 3 N–H and O–H groups in total. The smallest absolute Gasteiger partial charge is 0.262 e. The number of para-hydroxylation sites is 1. The van der Waals surface area contributed by atoms with E-state index in [4.69, 9.17) is 4.74 Å². The lowest BCUT2D eigenvalue weighted by Crippen LogP contribution is -2.20. The summed E-state index contributed by atoms with van der Waals surface area (Å²) in [6.45, 7) is 1.90. The second-order valence-corrected chi connectivity index (χ2v) is 8.07. The van der Waals surface area contributed by atoms with Gasteiger partial charge in [-0.1, -0.05) is 31.2 Å². The number of nitrogens with one attached hydrogen (secondary N) is 3. The molecule has 0 saturated heterocycles. The van der Waals surface area contributed by atoms with Crippen LogP contribution in [0.1, 0.15) is 23.7 Å². The lowest BCUT2D eigenvalue weighted by molar-refractivity contribution is -0.118. The van der Waals surface area contributed by atoms with Gasteiger partial charge in [0.05, 0.1) is 0 Å². The monoisotopic (exact) mass is 443 g/mol. The Morgan fingerprint density at radius 3 is 2.18 bits per heavy atom. The minimum atomic E-state index is -0.289. The third-order valence-corrected chi connectivity index (χ3v) is 5.38. The van der Waals surface area contributed by atoms with Gasteiger partial charge in [-0.05, 0) is 60.9 Å². The first-order valence-electron chi connectivity index (χ1n) is 10.8. The maximum absolute atomic E-state index is 12.6. The number of carbonyl (C=O) groups excluding carboxylic acids is 3. The molecule has 0 radical (unpaired) electrons. The van der Waals surface area contributed by atoms with Crippen molar-refractivity contribution in [2.75, 3.05) is 22.6 Å². The first-order valence-corrected chi connectivity index (χ1v) is 10.8. The van der Waals surface area contributed by atoms with Gasteiger partial charge in [-0.25, -0.2) is 0 Å². The van der Waals surface area contributed by atoms with Gasteiger partial charge < -0.3 is 20.7 Å². The molecule has 0 aromatic heterocycles. The molecule has 1 saturated carbocycles. The second kappa shape index (κ2) is 9.99. The molecule has 1 fully saturated rings. The first-order chi connectivity index (χ1) is 16.0. The Labute approximate surface area is 192 Å². The molecule has 33 heavy (non-hydrogen) atoms. The van der Waals surface area contributed by atoms with Crippen molar-refractivity contribution in [1.82, 2.24) is 0 Å². The van der Waals surface area contributed by atoms with E-state index in [-0.39, 0.29) is 30.2 Å². The standard InChI is InChI=1S/C26H25N3O4/c1-17-14-23(17)26(32)28-20-12-10-18(11-13-20)25(31)29-21-8-5-9-22(15-21)33-16-24(30)27-19-6-3-2-4-7-19/h2-13,15,17,23H,14,16H2,1H3,(H,27,30)(H,28,32)(H,29,31). The van der Waals surface area contributed by atoms with Crippen LogP contribution in [0.5, 0.6) is 5.75 Å². The van der Waals surface area contributed by atoms with Crippen molar-refractivity contribution in [3.05, 3.63) is 84.4 Å². The molecule has 2 unspecified atom stereocenters. The van der Waals surface area contributed by atoms with E-state index in [2.05, 4.69) is 22.9 Å². The van der Waals surface area contributed by atoms with Gasteiger partial charge in [-0.15, -0.1) is 0 Å². The van der Waals surface area contributed by atoms with Crippen LogP contribution < -0.4 is 20.7 Å². The zero-order valence-corrected chi connectivity index (χ0v) is 18.2. The number of amides is 3. The summed E-state index contributed by atoms with van der Waals surface area (Å²) in [6, 6.07) is 22.7. The highest BCUT2D eigenvalue weighted by Crippen LogP contribution is 2.38. The molecule has 3 aromatic rings. The third kappa shape index (κ3) is 6.20. The molecule has 3 amide bonds. The molecular formula is C26H25N3O4. The summed E-state index contributed by atoms with van der Waals surface area (Å²) in [7, 11) is 0. The molecule has 1 aliphatic carbocycles. The Morgan fingerprint density at radius 2 is 1.48 bits per heavy atom. The van der Waals surface area contributed by atoms with Gasteiger partial charge in [0.25, 0.3) is 11.8 Å². The molecule has 168 valence electrons. The SMILES string of the molecule is CC1CC1C(=O)Nc1ccc(C(=O)Nc2cccc(OCC(=O)Nc3ccccc3)c2)cc1. The Hall–Kier alpha value is -4.13. The van der Waals surface area contributed by atoms with Crippen LogP contribution in [0, 0.1) is 11.8 Å². The molecule has 0 aliphatic heterocycles. The van der Waals surface area contributed by atoms with Crippen LogP contribution in [-0.2, 0) is 9.59 Å². The van der Waals surface area contributed by atoms with Crippen molar-refractivity contribution in [1.29, 1.82) is 0 Å². The lowest BCUT2D eigenvalue weighted by Gasteiger charge is -2.10. The van der Waals surface area contributed by atoms with Crippen LogP contribution in [0.25, 0.3) is 0 Å². The molecule has 0 spiro atoms. The fourth-order valence-corrected chi connectivity index (χ4v) is 3.36. The van der Waals surface area contributed by atoms with E-state index < -0.39 is 0 Å². The Balaban J connectivity index is 1.29. The van der Waals surface area contributed by atoms with Gasteiger partial charge >= 0.3 is 0 Å². The summed E-state index contributed by atoms with van der Waals surface area (Å²) in [5.41, 5.74) is 2.36. The maximum Gasteiger partial charge on any atom is 0.262 e. The average Bonchev–Trinajstić information content (AvgIpc) is 3.56. The van der Waals surface area contributed by atoms with Crippen molar-refractivity contribution in [3.8, 4) is 5.75 Å². The molecule has 4 rings (SSSR count). The van der Waals surface area contributed by atoms with Gasteiger partial charge in [-0.3, -0.25) is 14.4 Å². The Morgan fingerprint density at radius 1 is 0.818 bits per heavy atom. The molecule has 7 nitrogen and oxygen atoms in total. The first kappa shape index (κ1) is 22.1.